The first-order chi connectivity index (χ1) is 12.0. The van der Waals surface area contributed by atoms with Crippen molar-refractivity contribution in [1.82, 2.24) is 24.8 Å². The van der Waals surface area contributed by atoms with Gasteiger partial charge in [0.1, 0.15) is 17.5 Å². The molecule has 2 aromatic heterocycles. The van der Waals surface area contributed by atoms with E-state index >= 15 is 0 Å². The second kappa shape index (κ2) is 7.57. The Labute approximate surface area is 148 Å². The number of nitrogens with one attached hydrogen (secondary N) is 1. The van der Waals surface area contributed by atoms with E-state index in [0.29, 0.717) is 6.54 Å². The predicted octanol–water partition coefficient (Wildman–Crippen LogP) is 2.15. The molecule has 1 unspecified atom stereocenters. The van der Waals surface area contributed by atoms with E-state index in [4.69, 9.17) is 0 Å². The molecular formula is C18H24N6O. The summed E-state index contributed by atoms with van der Waals surface area (Å²) in [5, 5.41) is 3.23. The number of hydrogen-bond acceptors (Lipinski definition) is 6. The lowest BCUT2D eigenvalue weighted by molar-refractivity contribution is -0.130. The van der Waals surface area contributed by atoms with E-state index in [0.717, 1.165) is 42.5 Å². The van der Waals surface area contributed by atoms with Crippen LogP contribution in [0.3, 0.4) is 0 Å². The van der Waals surface area contributed by atoms with Crippen molar-refractivity contribution in [2.75, 3.05) is 32.5 Å². The van der Waals surface area contributed by atoms with Gasteiger partial charge in [0, 0.05) is 32.1 Å². The van der Waals surface area contributed by atoms with Crippen molar-refractivity contribution in [1.29, 1.82) is 0 Å². The highest BCUT2D eigenvalue weighted by molar-refractivity contribution is 5.77. The number of aromatic nitrogens is 3. The number of hydrogen-bond donors (Lipinski definition) is 1. The molecule has 0 aliphatic carbocycles. The van der Waals surface area contributed by atoms with Crippen LogP contribution in [0.25, 0.3) is 0 Å². The second-order valence-corrected chi connectivity index (χ2v) is 6.51. The van der Waals surface area contributed by atoms with Crippen molar-refractivity contribution in [2.45, 2.75) is 25.8 Å². The molecule has 1 atom stereocenters. The average Bonchev–Trinajstić information content (AvgIpc) is 3.03. The summed E-state index contributed by atoms with van der Waals surface area (Å²) in [6.45, 7) is 3.25. The van der Waals surface area contributed by atoms with Gasteiger partial charge in [0.15, 0.2) is 0 Å². The van der Waals surface area contributed by atoms with E-state index in [1.807, 2.05) is 31.2 Å². The van der Waals surface area contributed by atoms with E-state index in [9.17, 15) is 4.79 Å². The third kappa shape index (κ3) is 4.30. The summed E-state index contributed by atoms with van der Waals surface area (Å²) in [7, 11) is 3.57. The summed E-state index contributed by atoms with van der Waals surface area (Å²) in [4.78, 5) is 29.4. The molecule has 3 rings (SSSR count). The summed E-state index contributed by atoms with van der Waals surface area (Å²) in [6.07, 6.45) is 3.75. The first kappa shape index (κ1) is 17.3. The summed E-state index contributed by atoms with van der Waals surface area (Å²) in [6, 6.07) is 7.68. The van der Waals surface area contributed by atoms with Crippen LogP contribution in [0.4, 0.5) is 11.6 Å². The Kier molecular flexibility index (Phi) is 5.23. The number of likely N-dealkylation sites (tertiary alicyclic amines) is 1. The Morgan fingerprint density at radius 1 is 1.32 bits per heavy atom. The van der Waals surface area contributed by atoms with Gasteiger partial charge in [-0.1, -0.05) is 6.07 Å². The molecule has 0 saturated carbocycles. The van der Waals surface area contributed by atoms with Crippen LogP contribution in [-0.4, -0.2) is 57.8 Å². The van der Waals surface area contributed by atoms with Crippen LogP contribution in [0.5, 0.6) is 0 Å². The molecule has 1 saturated heterocycles. The van der Waals surface area contributed by atoms with Gasteiger partial charge in [-0.15, -0.1) is 0 Å². The zero-order valence-corrected chi connectivity index (χ0v) is 14.9. The van der Waals surface area contributed by atoms with Gasteiger partial charge in [0.25, 0.3) is 0 Å². The Hall–Kier alpha value is -2.54. The third-order valence-corrected chi connectivity index (χ3v) is 4.29. The minimum absolute atomic E-state index is 0.0769. The largest absolute Gasteiger partial charge is 0.348 e. The monoisotopic (exact) mass is 340 g/mol. The standard InChI is InChI=1S/C18H24N6O/c1-13-11-16(21-15-8-4-5-9-19-15)22-18(20-13)14-7-6-10-24(14)12-17(25)23(2)3/h4-5,8-9,11,14H,6-7,10,12H2,1-3H3,(H,19,20,21,22). The smallest absolute Gasteiger partial charge is 0.236 e. The summed E-state index contributed by atoms with van der Waals surface area (Å²) in [5.74, 6) is 2.35. The van der Waals surface area contributed by atoms with Crippen LogP contribution in [0.1, 0.15) is 30.4 Å². The molecular weight excluding hydrogens is 316 g/mol. The van der Waals surface area contributed by atoms with Crippen molar-refractivity contribution in [2.24, 2.45) is 0 Å². The quantitative estimate of drug-likeness (QED) is 0.899. The number of likely N-dealkylation sites (N-methyl/N-ethyl adjacent to an activating group) is 1. The zero-order chi connectivity index (χ0) is 17.8. The lowest BCUT2D eigenvalue weighted by Gasteiger charge is -2.24. The average molecular weight is 340 g/mol. The molecule has 25 heavy (non-hydrogen) atoms. The highest BCUT2D eigenvalue weighted by atomic mass is 16.2. The molecule has 3 heterocycles. The fraction of sp³-hybridized carbons (Fsp3) is 0.444. The zero-order valence-electron chi connectivity index (χ0n) is 14.9. The Bertz CT molecular complexity index is 734. The fourth-order valence-corrected chi connectivity index (χ4v) is 3.00. The van der Waals surface area contributed by atoms with E-state index in [1.54, 1.807) is 25.2 Å². The topological polar surface area (TPSA) is 74.2 Å². The van der Waals surface area contributed by atoms with Crippen LogP contribution in [0.15, 0.2) is 30.5 Å². The molecule has 0 radical (unpaired) electrons. The van der Waals surface area contributed by atoms with Gasteiger partial charge < -0.3 is 10.2 Å². The fourth-order valence-electron chi connectivity index (χ4n) is 3.00. The van der Waals surface area contributed by atoms with Crippen LogP contribution in [0.2, 0.25) is 0 Å². The molecule has 132 valence electrons. The Morgan fingerprint density at radius 2 is 2.16 bits per heavy atom. The SMILES string of the molecule is Cc1cc(Nc2ccccn2)nc(C2CCCN2CC(=O)N(C)C)n1. The minimum atomic E-state index is 0.0769. The van der Waals surface area contributed by atoms with Crippen molar-refractivity contribution in [3.05, 3.63) is 42.0 Å². The molecule has 1 fully saturated rings. The molecule has 7 nitrogen and oxygen atoms in total. The number of rotatable bonds is 5. The molecule has 1 aliphatic rings. The maximum atomic E-state index is 12.1. The number of anilines is 2. The number of aryl methyl sites for hydroxylation is 1. The van der Waals surface area contributed by atoms with Gasteiger partial charge in [-0.2, -0.15) is 0 Å². The van der Waals surface area contributed by atoms with Gasteiger partial charge in [0.05, 0.1) is 12.6 Å². The first-order valence-corrected chi connectivity index (χ1v) is 8.51. The van der Waals surface area contributed by atoms with Gasteiger partial charge in [-0.25, -0.2) is 15.0 Å². The van der Waals surface area contributed by atoms with Gasteiger partial charge >= 0.3 is 0 Å². The number of carbonyl (C=O) groups is 1. The minimum Gasteiger partial charge on any atom is -0.348 e. The lowest BCUT2D eigenvalue weighted by atomic mass is 10.2. The maximum Gasteiger partial charge on any atom is 0.236 e. The molecule has 1 aliphatic heterocycles. The Balaban J connectivity index is 1.80. The van der Waals surface area contributed by atoms with Gasteiger partial charge in [0.2, 0.25) is 5.91 Å². The van der Waals surface area contributed by atoms with E-state index < -0.39 is 0 Å². The Morgan fingerprint density at radius 3 is 2.88 bits per heavy atom. The lowest BCUT2D eigenvalue weighted by Crippen LogP contribution is -2.36. The second-order valence-electron chi connectivity index (χ2n) is 6.51. The third-order valence-electron chi connectivity index (χ3n) is 4.29. The number of nitrogens with zero attached hydrogens (tertiary/aromatic N) is 5. The summed E-state index contributed by atoms with van der Waals surface area (Å²) >= 11 is 0. The molecule has 2 aromatic rings. The van der Waals surface area contributed by atoms with Crippen LogP contribution in [-0.2, 0) is 4.79 Å². The van der Waals surface area contributed by atoms with Crippen molar-refractivity contribution in [3.8, 4) is 0 Å². The predicted molar refractivity (Wildman–Crippen MR) is 96.5 cm³/mol. The van der Waals surface area contributed by atoms with Crippen molar-refractivity contribution < 1.29 is 4.79 Å². The van der Waals surface area contributed by atoms with Crippen LogP contribution >= 0.6 is 0 Å². The highest BCUT2D eigenvalue weighted by Crippen LogP contribution is 2.30. The first-order valence-electron chi connectivity index (χ1n) is 8.51. The van der Waals surface area contributed by atoms with E-state index in [2.05, 4.69) is 25.2 Å². The molecule has 1 N–H and O–H groups in total. The number of pyridine rings is 1. The van der Waals surface area contributed by atoms with E-state index in [1.165, 1.54) is 0 Å². The molecule has 0 spiro atoms. The van der Waals surface area contributed by atoms with Gasteiger partial charge in [-0.3, -0.25) is 9.69 Å². The summed E-state index contributed by atoms with van der Waals surface area (Å²) in [5.41, 5.74) is 0.897. The van der Waals surface area contributed by atoms with Crippen molar-refractivity contribution >= 4 is 17.5 Å². The van der Waals surface area contributed by atoms with Gasteiger partial charge in [-0.05, 0) is 38.4 Å². The molecule has 0 aromatic carbocycles. The maximum absolute atomic E-state index is 12.1. The van der Waals surface area contributed by atoms with Crippen molar-refractivity contribution in [3.63, 3.8) is 0 Å². The molecule has 7 heteroatoms. The molecule has 1 amide bonds. The summed E-state index contributed by atoms with van der Waals surface area (Å²) < 4.78 is 0. The highest BCUT2D eigenvalue weighted by Gasteiger charge is 2.30. The van der Waals surface area contributed by atoms with Crippen LogP contribution < -0.4 is 5.32 Å². The number of amides is 1. The van der Waals surface area contributed by atoms with E-state index in [-0.39, 0.29) is 11.9 Å². The van der Waals surface area contributed by atoms with Crippen LogP contribution in [0, 0.1) is 6.92 Å². The number of carbonyl (C=O) groups excluding carboxylic acids is 1. The molecule has 0 bridgehead atoms. The normalized spacial score (nSPS) is 17.5.